The van der Waals surface area contributed by atoms with Gasteiger partial charge in [0.25, 0.3) is 0 Å². The minimum absolute atomic E-state index is 0.0167. The number of aromatic nitrogens is 3. The third-order valence-electron chi connectivity index (χ3n) is 5.25. The first-order valence-corrected chi connectivity index (χ1v) is 9.69. The van der Waals surface area contributed by atoms with Gasteiger partial charge in [0.1, 0.15) is 6.61 Å². The molecule has 1 amide bonds. The smallest absolute Gasteiger partial charge is 0.249 e. The molecule has 2 aromatic rings. The third kappa shape index (κ3) is 4.73. The summed E-state index contributed by atoms with van der Waals surface area (Å²) in [6.45, 7) is 2.26. The zero-order valence-corrected chi connectivity index (χ0v) is 15.5. The van der Waals surface area contributed by atoms with E-state index in [0.717, 1.165) is 24.2 Å². The van der Waals surface area contributed by atoms with E-state index in [0.29, 0.717) is 26.2 Å². The van der Waals surface area contributed by atoms with Crippen molar-refractivity contribution >= 4 is 5.91 Å². The summed E-state index contributed by atoms with van der Waals surface area (Å²) in [5, 5.41) is 4.38. The first-order chi connectivity index (χ1) is 13.3. The maximum Gasteiger partial charge on any atom is 0.249 e. The largest absolute Gasteiger partial charge is 0.368 e. The van der Waals surface area contributed by atoms with Crippen LogP contribution in [-0.4, -0.2) is 50.9 Å². The number of ether oxygens (including phenoxy) is 2. The Morgan fingerprint density at radius 3 is 2.78 bits per heavy atom. The van der Waals surface area contributed by atoms with Crippen LogP contribution in [0.3, 0.4) is 0 Å². The molecule has 27 heavy (non-hydrogen) atoms. The van der Waals surface area contributed by atoms with Gasteiger partial charge in [0.2, 0.25) is 5.91 Å². The average Bonchev–Trinajstić information content (AvgIpc) is 3.34. The molecule has 0 radical (unpaired) electrons. The highest BCUT2D eigenvalue weighted by atomic mass is 16.5. The van der Waals surface area contributed by atoms with Crippen LogP contribution >= 0.6 is 0 Å². The summed E-state index contributed by atoms with van der Waals surface area (Å²) in [6.07, 6.45) is 8.16. The summed E-state index contributed by atoms with van der Waals surface area (Å²) in [7, 11) is 0. The molecule has 0 spiro atoms. The molecule has 7 nitrogen and oxygen atoms in total. The van der Waals surface area contributed by atoms with Crippen LogP contribution in [-0.2, 0) is 34.0 Å². The zero-order chi connectivity index (χ0) is 18.5. The number of carbonyl (C=O) groups is 1. The van der Waals surface area contributed by atoms with Crippen molar-refractivity contribution in [1.82, 2.24) is 19.7 Å². The Balaban J connectivity index is 1.39. The van der Waals surface area contributed by atoms with E-state index in [1.165, 1.54) is 12.8 Å². The minimum Gasteiger partial charge on any atom is -0.368 e. The van der Waals surface area contributed by atoms with Gasteiger partial charge in [0, 0.05) is 18.9 Å². The molecule has 2 aromatic heterocycles. The fourth-order valence-corrected chi connectivity index (χ4v) is 3.73. The van der Waals surface area contributed by atoms with E-state index in [1.54, 1.807) is 12.4 Å². The molecule has 0 aromatic carbocycles. The van der Waals surface area contributed by atoms with Gasteiger partial charge in [-0.2, -0.15) is 5.10 Å². The molecule has 1 saturated carbocycles. The molecule has 1 fully saturated rings. The van der Waals surface area contributed by atoms with Gasteiger partial charge in [-0.05, 0) is 31.0 Å². The highest BCUT2D eigenvalue weighted by Gasteiger charge is 2.27. The predicted octanol–water partition coefficient (Wildman–Crippen LogP) is 2.16. The fourth-order valence-electron chi connectivity index (χ4n) is 3.73. The number of hydrogen-bond acceptors (Lipinski definition) is 5. The molecule has 3 heterocycles. The summed E-state index contributed by atoms with van der Waals surface area (Å²) in [6, 6.07) is 7.73. The number of pyridine rings is 1. The topological polar surface area (TPSA) is 69.5 Å². The lowest BCUT2D eigenvalue weighted by molar-refractivity contribution is -0.140. The zero-order valence-electron chi connectivity index (χ0n) is 15.5. The van der Waals surface area contributed by atoms with Crippen molar-refractivity contribution in [2.75, 3.05) is 13.2 Å². The van der Waals surface area contributed by atoms with Crippen LogP contribution in [0.5, 0.6) is 0 Å². The van der Waals surface area contributed by atoms with E-state index in [-0.39, 0.29) is 24.7 Å². The average molecular weight is 370 g/mol. The quantitative estimate of drug-likeness (QED) is 0.779. The van der Waals surface area contributed by atoms with Gasteiger partial charge in [-0.15, -0.1) is 0 Å². The molecule has 0 bridgehead atoms. The second-order valence-corrected chi connectivity index (χ2v) is 7.25. The summed E-state index contributed by atoms with van der Waals surface area (Å²) in [4.78, 5) is 18.9. The Morgan fingerprint density at radius 2 is 1.96 bits per heavy atom. The van der Waals surface area contributed by atoms with Gasteiger partial charge in [-0.25, -0.2) is 0 Å². The molecule has 144 valence electrons. The normalized spacial score (nSPS) is 20.4. The lowest BCUT2D eigenvalue weighted by Crippen LogP contribution is -2.39. The molecular formula is C20H26N4O3. The Bertz CT molecular complexity index is 743. The molecule has 0 saturated heterocycles. The Labute approximate surface area is 159 Å². The van der Waals surface area contributed by atoms with Gasteiger partial charge < -0.3 is 14.4 Å². The van der Waals surface area contributed by atoms with E-state index in [2.05, 4.69) is 10.1 Å². The Kier molecular flexibility index (Phi) is 5.79. The summed E-state index contributed by atoms with van der Waals surface area (Å²) < 4.78 is 13.8. The van der Waals surface area contributed by atoms with Crippen molar-refractivity contribution in [2.24, 2.45) is 0 Å². The number of amides is 1. The maximum atomic E-state index is 12.8. The molecule has 2 aliphatic rings. The molecule has 1 aliphatic heterocycles. The van der Waals surface area contributed by atoms with Crippen LogP contribution in [0.15, 0.2) is 36.7 Å². The van der Waals surface area contributed by atoms with Crippen molar-refractivity contribution in [3.63, 3.8) is 0 Å². The molecule has 7 heteroatoms. The summed E-state index contributed by atoms with van der Waals surface area (Å²) in [5.41, 5.74) is 1.90. The van der Waals surface area contributed by atoms with Gasteiger partial charge in [-0.3, -0.25) is 14.5 Å². The van der Waals surface area contributed by atoms with Crippen molar-refractivity contribution in [1.29, 1.82) is 0 Å². The van der Waals surface area contributed by atoms with Crippen LogP contribution in [0.2, 0.25) is 0 Å². The molecular weight excluding hydrogens is 344 g/mol. The highest BCUT2D eigenvalue weighted by Crippen LogP contribution is 2.21. The van der Waals surface area contributed by atoms with Crippen molar-refractivity contribution < 1.29 is 14.3 Å². The van der Waals surface area contributed by atoms with E-state index in [1.807, 2.05) is 33.8 Å². The lowest BCUT2D eigenvalue weighted by atomic mass is 10.3. The number of carbonyl (C=O) groups excluding carboxylic acids is 1. The third-order valence-corrected chi connectivity index (χ3v) is 5.25. The van der Waals surface area contributed by atoms with Gasteiger partial charge in [-0.1, -0.05) is 18.9 Å². The molecule has 4 rings (SSSR count). The summed E-state index contributed by atoms with van der Waals surface area (Å²) >= 11 is 0. The SMILES string of the molecule is O=C(COC1CCCC1)N1Cc2ccnn2C[C@H](OCc2ccccn2)C1. The number of nitrogens with zero attached hydrogens (tertiary/aromatic N) is 4. The van der Waals surface area contributed by atoms with E-state index in [9.17, 15) is 4.79 Å². The van der Waals surface area contributed by atoms with E-state index >= 15 is 0 Å². The van der Waals surface area contributed by atoms with Crippen molar-refractivity contribution in [2.45, 2.75) is 57.6 Å². The lowest BCUT2D eigenvalue weighted by Gasteiger charge is -2.25. The monoisotopic (exact) mass is 370 g/mol. The minimum atomic E-state index is -0.136. The van der Waals surface area contributed by atoms with Crippen LogP contribution in [0, 0.1) is 0 Å². The molecule has 1 atom stereocenters. The first kappa shape index (κ1) is 18.1. The molecule has 0 unspecified atom stereocenters. The van der Waals surface area contributed by atoms with Gasteiger partial charge >= 0.3 is 0 Å². The van der Waals surface area contributed by atoms with Crippen LogP contribution < -0.4 is 0 Å². The standard InChI is InChI=1S/C20H26N4O3/c25-20(15-27-18-6-1-2-7-18)23-11-17-8-10-22-24(17)13-19(12-23)26-14-16-5-3-4-9-21-16/h3-5,8-10,18-19H,1-2,6-7,11-15H2/t19-/m1/s1. The molecule has 1 aliphatic carbocycles. The fraction of sp³-hybridized carbons (Fsp3) is 0.550. The maximum absolute atomic E-state index is 12.8. The number of rotatable bonds is 6. The number of fused-ring (bicyclic) bond motifs is 1. The highest BCUT2D eigenvalue weighted by molar-refractivity contribution is 5.77. The van der Waals surface area contributed by atoms with Crippen LogP contribution in [0.25, 0.3) is 0 Å². The van der Waals surface area contributed by atoms with Gasteiger partial charge in [0.15, 0.2) is 0 Å². The van der Waals surface area contributed by atoms with Crippen LogP contribution in [0.1, 0.15) is 37.1 Å². The predicted molar refractivity (Wildman–Crippen MR) is 98.7 cm³/mol. The second-order valence-electron chi connectivity index (χ2n) is 7.25. The van der Waals surface area contributed by atoms with Crippen LogP contribution in [0.4, 0.5) is 0 Å². The van der Waals surface area contributed by atoms with Crippen molar-refractivity contribution in [3.05, 3.63) is 48.0 Å². The van der Waals surface area contributed by atoms with E-state index < -0.39 is 0 Å². The van der Waals surface area contributed by atoms with Crippen molar-refractivity contribution in [3.8, 4) is 0 Å². The van der Waals surface area contributed by atoms with E-state index in [4.69, 9.17) is 9.47 Å². The second kappa shape index (κ2) is 8.63. The molecule has 0 N–H and O–H groups in total. The Morgan fingerprint density at radius 1 is 1.07 bits per heavy atom. The summed E-state index contributed by atoms with van der Waals surface area (Å²) in [5.74, 6) is 0.0167. The number of hydrogen-bond donors (Lipinski definition) is 0. The first-order valence-electron chi connectivity index (χ1n) is 9.69. The Hall–Kier alpha value is -2.25. The van der Waals surface area contributed by atoms with Gasteiger partial charge in [0.05, 0.1) is 43.3 Å².